The summed E-state index contributed by atoms with van der Waals surface area (Å²) in [5.74, 6) is -2.30. The summed E-state index contributed by atoms with van der Waals surface area (Å²) in [7, 11) is -4.21. The van der Waals surface area contributed by atoms with E-state index in [1.54, 1.807) is 4.90 Å². The summed E-state index contributed by atoms with van der Waals surface area (Å²) in [4.78, 5) is 13.6. The van der Waals surface area contributed by atoms with Crippen LogP contribution in [-0.4, -0.2) is 62.4 Å². The topological polar surface area (TPSA) is 66.9 Å². The summed E-state index contributed by atoms with van der Waals surface area (Å²) in [5, 5.41) is 0. The number of ether oxygens (including phenoxy) is 1. The molecule has 0 N–H and O–H groups in total. The molecule has 1 aromatic carbocycles. The monoisotopic (exact) mass is 360 g/mol. The minimum absolute atomic E-state index is 0.139. The average Bonchev–Trinajstić information content (AvgIpc) is 3.05. The van der Waals surface area contributed by atoms with Crippen molar-refractivity contribution in [3.8, 4) is 0 Å². The number of nitrogens with zero attached hydrogens (tertiary/aromatic N) is 2. The number of amides is 1. The fourth-order valence-electron chi connectivity index (χ4n) is 3.08. The summed E-state index contributed by atoms with van der Waals surface area (Å²) in [6.45, 7) is 1.79. The van der Waals surface area contributed by atoms with E-state index in [1.807, 2.05) is 0 Å². The fourth-order valence-corrected chi connectivity index (χ4v) is 4.78. The molecule has 0 spiro atoms. The van der Waals surface area contributed by atoms with Crippen molar-refractivity contribution in [3.63, 3.8) is 0 Å². The van der Waals surface area contributed by atoms with E-state index in [9.17, 15) is 22.0 Å². The highest BCUT2D eigenvalue weighted by Crippen LogP contribution is 2.29. The zero-order valence-electron chi connectivity index (χ0n) is 13.0. The molecular formula is C15H18F2N2O4S. The van der Waals surface area contributed by atoms with Gasteiger partial charge in [-0.1, -0.05) is 0 Å². The lowest BCUT2D eigenvalue weighted by atomic mass is 10.2. The zero-order valence-corrected chi connectivity index (χ0v) is 13.8. The second kappa shape index (κ2) is 6.73. The highest BCUT2D eigenvalue weighted by molar-refractivity contribution is 7.89. The van der Waals surface area contributed by atoms with Crippen LogP contribution in [-0.2, 0) is 19.6 Å². The quantitative estimate of drug-likeness (QED) is 0.806. The van der Waals surface area contributed by atoms with E-state index < -0.39 is 32.6 Å². The van der Waals surface area contributed by atoms with E-state index in [0.717, 1.165) is 16.4 Å². The van der Waals surface area contributed by atoms with Gasteiger partial charge in [0.25, 0.3) is 0 Å². The number of carbonyl (C=O) groups is 1. The molecule has 1 unspecified atom stereocenters. The van der Waals surface area contributed by atoms with Crippen molar-refractivity contribution < 1.29 is 26.7 Å². The van der Waals surface area contributed by atoms with Crippen LogP contribution >= 0.6 is 0 Å². The van der Waals surface area contributed by atoms with E-state index in [2.05, 4.69) is 0 Å². The van der Waals surface area contributed by atoms with Crippen LogP contribution in [0.25, 0.3) is 0 Å². The molecule has 0 bridgehead atoms. The molecule has 3 rings (SSSR count). The first-order chi connectivity index (χ1) is 11.4. The van der Waals surface area contributed by atoms with Gasteiger partial charge in [0, 0.05) is 25.7 Å². The molecule has 0 radical (unpaired) electrons. The molecule has 2 saturated heterocycles. The molecule has 1 amide bonds. The first kappa shape index (κ1) is 17.2. The van der Waals surface area contributed by atoms with Gasteiger partial charge in [0.05, 0.1) is 13.2 Å². The fraction of sp³-hybridized carbons (Fsp3) is 0.533. The van der Waals surface area contributed by atoms with Crippen LogP contribution in [0.4, 0.5) is 8.78 Å². The van der Waals surface area contributed by atoms with Crippen molar-refractivity contribution in [2.24, 2.45) is 0 Å². The van der Waals surface area contributed by atoms with E-state index >= 15 is 0 Å². The third-order valence-electron chi connectivity index (χ3n) is 4.29. The van der Waals surface area contributed by atoms with E-state index in [0.29, 0.717) is 45.2 Å². The minimum atomic E-state index is -4.21. The molecule has 132 valence electrons. The second-order valence-electron chi connectivity index (χ2n) is 5.79. The number of halogens is 2. The summed E-state index contributed by atoms with van der Waals surface area (Å²) in [6.07, 6.45) is 0.904. The SMILES string of the molecule is O=C(C1CCCN1S(=O)(=O)c1ccc(F)cc1F)N1CCOCC1. The van der Waals surface area contributed by atoms with Gasteiger partial charge in [-0.05, 0) is 25.0 Å². The van der Waals surface area contributed by atoms with Crippen molar-refractivity contribution >= 4 is 15.9 Å². The van der Waals surface area contributed by atoms with E-state index in [-0.39, 0.29) is 12.5 Å². The summed E-state index contributed by atoms with van der Waals surface area (Å²) in [5.41, 5.74) is 0. The maximum atomic E-state index is 13.9. The second-order valence-corrected chi connectivity index (χ2v) is 7.65. The van der Waals surface area contributed by atoms with Crippen LogP contribution in [0.1, 0.15) is 12.8 Å². The van der Waals surface area contributed by atoms with Crippen molar-refractivity contribution in [2.75, 3.05) is 32.8 Å². The molecule has 0 saturated carbocycles. The van der Waals surface area contributed by atoms with Crippen LogP contribution in [0, 0.1) is 11.6 Å². The molecule has 1 atom stereocenters. The van der Waals surface area contributed by atoms with E-state index in [1.165, 1.54) is 0 Å². The smallest absolute Gasteiger partial charge is 0.246 e. The van der Waals surface area contributed by atoms with E-state index in [4.69, 9.17) is 4.74 Å². The lowest BCUT2D eigenvalue weighted by molar-refractivity contribution is -0.138. The average molecular weight is 360 g/mol. The van der Waals surface area contributed by atoms with Crippen molar-refractivity contribution in [1.29, 1.82) is 0 Å². The number of hydrogen-bond donors (Lipinski definition) is 0. The van der Waals surface area contributed by atoms with Crippen molar-refractivity contribution in [3.05, 3.63) is 29.8 Å². The molecular weight excluding hydrogens is 342 g/mol. The maximum absolute atomic E-state index is 13.9. The Bertz CT molecular complexity index is 735. The lowest BCUT2D eigenvalue weighted by Crippen LogP contribution is -2.51. The minimum Gasteiger partial charge on any atom is -0.378 e. The maximum Gasteiger partial charge on any atom is 0.246 e. The Morgan fingerprint density at radius 3 is 2.54 bits per heavy atom. The summed E-state index contributed by atoms with van der Waals surface area (Å²) < 4.78 is 58.6. The third-order valence-corrected chi connectivity index (χ3v) is 6.23. The molecule has 2 heterocycles. The lowest BCUT2D eigenvalue weighted by Gasteiger charge is -2.32. The Kier molecular flexibility index (Phi) is 4.84. The highest BCUT2D eigenvalue weighted by Gasteiger charge is 2.42. The van der Waals surface area contributed by atoms with Gasteiger partial charge in [-0.3, -0.25) is 4.79 Å². The number of sulfonamides is 1. The predicted octanol–water partition coefficient (Wildman–Crippen LogP) is 0.977. The van der Waals surface area contributed by atoms with Gasteiger partial charge in [-0.25, -0.2) is 17.2 Å². The third kappa shape index (κ3) is 3.15. The molecule has 2 aliphatic heterocycles. The van der Waals surface area contributed by atoms with Gasteiger partial charge in [-0.2, -0.15) is 4.31 Å². The zero-order chi connectivity index (χ0) is 17.3. The molecule has 0 aromatic heterocycles. The molecule has 0 aliphatic carbocycles. The van der Waals surface area contributed by atoms with Gasteiger partial charge in [-0.15, -0.1) is 0 Å². The van der Waals surface area contributed by atoms with Crippen molar-refractivity contribution in [2.45, 2.75) is 23.8 Å². The van der Waals surface area contributed by atoms with Crippen LogP contribution in [0.15, 0.2) is 23.1 Å². The van der Waals surface area contributed by atoms with Crippen LogP contribution < -0.4 is 0 Å². The Hall–Kier alpha value is -1.58. The molecule has 2 aliphatic rings. The largest absolute Gasteiger partial charge is 0.378 e. The first-order valence-corrected chi connectivity index (χ1v) is 9.18. The molecule has 24 heavy (non-hydrogen) atoms. The van der Waals surface area contributed by atoms with Gasteiger partial charge < -0.3 is 9.64 Å². The molecule has 2 fully saturated rings. The first-order valence-electron chi connectivity index (χ1n) is 7.74. The van der Waals surface area contributed by atoms with Gasteiger partial charge in [0.15, 0.2) is 0 Å². The standard InChI is InChI=1S/C15H18F2N2O4S/c16-11-3-4-14(12(17)10-11)24(21,22)19-5-1-2-13(19)15(20)18-6-8-23-9-7-18/h3-4,10,13H,1-2,5-9H2. The Labute approximate surface area is 139 Å². The Morgan fingerprint density at radius 2 is 1.88 bits per heavy atom. The van der Waals surface area contributed by atoms with Gasteiger partial charge >= 0.3 is 0 Å². The normalized spacial score (nSPS) is 22.8. The van der Waals surface area contributed by atoms with Crippen LogP contribution in [0.2, 0.25) is 0 Å². The van der Waals surface area contributed by atoms with Crippen LogP contribution in [0.3, 0.4) is 0 Å². The summed E-state index contributed by atoms with van der Waals surface area (Å²) >= 11 is 0. The number of rotatable bonds is 3. The number of hydrogen-bond acceptors (Lipinski definition) is 4. The number of morpholine rings is 1. The van der Waals surface area contributed by atoms with Gasteiger partial charge in [0.1, 0.15) is 22.6 Å². The predicted molar refractivity (Wildman–Crippen MR) is 80.7 cm³/mol. The molecule has 9 heteroatoms. The number of benzene rings is 1. The molecule has 6 nitrogen and oxygen atoms in total. The van der Waals surface area contributed by atoms with Crippen LogP contribution in [0.5, 0.6) is 0 Å². The Morgan fingerprint density at radius 1 is 1.17 bits per heavy atom. The molecule has 1 aromatic rings. The van der Waals surface area contributed by atoms with Crippen molar-refractivity contribution in [1.82, 2.24) is 9.21 Å². The van der Waals surface area contributed by atoms with Gasteiger partial charge in [0.2, 0.25) is 15.9 Å². The Balaban J connectivity index is 1.87. The number of carbonyl (C=O) groups excluding carboxylic acids is 1. The summed E-state index contributed by atoms with van der Waals surface area (Å²) in [6, 6.07) is 1.47. The highest BCUT2D eigenvalue weighted by atomic mass is 32.2.